The fourth-order valence-corrected chi connectivity index (χ4v) is 4.05. The molecule has 0 aliphatic rings. The van der Waals surface area contributed by atoms with Crippen LogP contribution in [0.5, 0.6) is 11.5 Å². The Hall–Kier alpha value is -2.71. The van der Waals surface area contributed by atoms with Gasteiger partial charge in [-0.3, -0.25) is 4.79 Å². The minimum Gasteiger partial charge on any atom is -0.493 e. The number of thiazole rings is 1. The highest BCUT2D eigenvalue weighted by molar-refractivity contribution is 9.10. The number of fused-ring (bicyclic) bond motifs is 1. The molecule has 27 heavy (non-hydrogen) atoms. The Morgan fingerprint density at radius 3 is 2.59 bits per heavy atom. The molecule has 2 aromatic heterocycles. The lowest BCUT2D eigenvalue weighted by Crippen LogP contribution is -2.23. The molecule has 0 amide bonds. The van der Waals surface area contributed by atoms with Crippen LogP contribution in [0.2, 0.25) is 0 Å². The molecule has 4 rings (SSSR count). The predicted molar refractivity (Wildman–Crippen MR) is 109 cm³/mol. The minimum absolute atomic E-state index is 0.199. The lowest BCUT2D eigenvalue weighted by molar-refractivity contribution is 0.355. The van der Waals surface area contributed by atoms with Gasteiger partial charge in [-0.05, 0) is 35.9 Å². The highest BCUT2D eigenvalue weighted by atomic mass is 79.9. The maximum absolute atomic E-state index is 12.7. The van der Waals surface area contributed by atoms with Crippen LogP contribution in [-0.4, -0.2) is 28.8 Å². The summed E-state index contributed by atoms with van der Waals surface area (Å²) in [5, 5.41) is 4.38. The summed E-state index contributed by atoms with van der Waals surface area (Å²) in [6.07, 6.45) is 1.80. The van der Waals surface area contributed by atoms with Crippen molar-refractivity contribution in [2.75, 3.05) is 14.2 Å². The molecule has 136 valence electrons. The molecule has 0 aliphatic carbocycles. The van der Waals surface area contributed by atoms with Crippen molar-refractivity contribution in [3.63, 3.8) is 0 Å². The lowest BCUT2D eigenvalue weighted by atomic mass is 10.2. The van der Waals surface area contributed by atoms with Crippen LogP contribution in [0, 0.1) is 0 Å². The normalized spacial score (nSPS) is 11.9. The van der Waals surface area contributed by atoms with Gasteiger partial charge in [0, 0.05) is 10.0 Å². The summed E-state index contributed by atoms with van der Waals surface area (Å²) in [7, 11) is 3.16. The lowest BCUT2D eigenvalue weighted by Gasteiger charge is -2.07. The first-order chi connectivity index (χ1) is 13.1. The van der Waals surface area contributed by atoms with Gasteiger partial charge in [0.1, 0.15) is 0 Å². The van der Waals surface area contributed by atoms with Crippen LogP contribution in [0.1, 0.15) is 5.56 Å². The summed E-state index contributed by atoms with van der Waals surface area (Å²) in [6, 6.07) is 13.1. The zero-order valence-electron chi connectivity index (χ0n) is 14.5. The van der Waals surface area contributed by atoms with Crippen molar-refractivity contribution in [1.29, 1.82) is 0 Å². The Bertz CT molecular complexity index is 1250. The second kappa shape index (κ2) is 7.13. The van der Waals surface area contributed by atoms with E-state index in [-0.39, 0.29) is 5.56 Å². The van der Waals surface area contributed by atoms with Gasteiger partial charge in [-0.1, -0.05) is 45.5 Å². The molecule has 0 radical (unpaired) electrons. The van der Waals surface area contributed by atoms with Crippen molar-refractivity contribution in [1.82, 2.24) is 14.6 Å². The molecule has 0 spiro atoms. The van der Waals surface area contributed by atoms with Crippen LogP contribution in [0.4, 0.5) is 0 Å². The first kappa shape index (κ1) is 17.7. The third-order valence-electron chi connectivity index (χ3n) is 4.00. The molecular formula is C19H14BrN3O3S. The molecule has 0 atom stereocenters. The number of aromatic nitrogens is 3. The minimum atomic E-state index is -0.199. The second-order valence-corrected chi connectivity index (χ2v) is 7.50. The molecule has 0 saturated carbocycles. The largest absolute Gasteiger partial charge is 0.493 e. The summed E-state index contributed by atoms with van der Waals surface area (Å²) in [5.74, 6) is 1.76. The first-order valence-electron chi connectivity index (χ1n) is 7.99. The van der Waals surface area contributed by atoms with E-state index < -0.39 is 0 Å². The molecule has 0 unspecified atom stereocenters. The number of benzene rings is 2. The maximum Gasteiger partial charge on any atom is 0.291 e. The van der Waals surface area contributed by atoms with Crippen molar-refractivity contribution in [2.45, 2.75) is 0 Å². The summed E-state index contributed by atoms with van der Waals surface area (Å²) in [6.45, 7) is 0. The van der Waals surface area contributed by atoms with E-state index in [1.165, 1.54) is 15.9 Å². The monoisotopic (exact) mass is 443 g/mol. The standard InChI is InChI=1S/C19H14BrN3O3S/c1-25-14-8-7-11(9-15(14)26-2)10-16-18(24)23-19(27-16)21-17(22-23)12-5-3-4-6-13(12)20/h3-10H,1-2H3. The van der Waals surface area contributed by atoms with E-state index in [1.54, 1.807) is 26.4 Å². The van der Waals surface area contributed by atoms with Crippen molar-refractivity contribution < 1.29 is 9.47 Å². The van der Waals surface area contributed by atoms with E-state index in [1.807, 2.05) is 36.4 Å². The van der Waals surface area contributed by atoms with E-state index >= 15 is 0 Å². The Morgan fingerprint density at radius 2 is 1.89 bits per heavy atom. The van der Waals surface area contributed by atoms with Gasteiger partial charge in [0.15, 0.2) is 17.3 Å². The van der Waals surface area contributed by atoms with Gasteiger partial charge in [-0.25, -0.2) is 0 Å². The van der Waals surface area contributed by atoms with Gasteiger partial charge in [0.25, 0.3) is 5.56 Å². The van der Waals surface area contributed by atoms with E-state index in [2.05, 4.69) is 26.0 Å². The number of hydrogen-bond donors (Lipinski definition) is 0. The Balaban J connectivity index is 1.79. The van der Waals surface area contributed by atoms with Crippen LogP contribution in [0.25, 0.3) is 22.4 Å². The topological polar surface area (TPSA) is 65.7 Å². The zero-order chi connectivity index (χ0) is 19.0. The maximum atomic E-state index is 12.7. The average molecular weight is 444 g/mol. The Kier molecular flexibility index (Phi) is 4.67. The van der Waals surface area contributed by atoms with Crippen molar-refractivity contribution >= 4 is 38.3 Å². The van der Waals surface area contributed by atoms with Gasteiger partial charge >= 0.3 is 0 Å². The molecule has 2 heterocycles. The number of hydrogen-bond acceptors (Lipinski definition) is 6. The molecule has 0 saturated heterocycles. The summed E-state index contributed by atoms with van der Waals surface area (Å²) >= 11 is 4.79. The molecule has 2 aromatic carbocycles. The Morgan fingerprint density at radius 1 is 1.11 bits per heavy atom. The van der Waals surface area contributed by atoms with Crippen LogP contribution in [0.3, 0.4) is 0 Å². The number of halogens is 1. The average Bonchev–Trinajstić information content (AvgIpc) is 3.21. The van der Waals surface area contributed by atoms with Gasteiger partial charge in [-0.2, -0.15) is 9.50 Å². The summed E-state index contributed by atoms with van der Waals surface area (Å²) in [5.41, 5.74) is 1.48. The number of methoxy groups -OCH3 is 2. The third kappa shape index (κ3) is 3.22. The first-order valence-corrected chi connectivity index (χ1v) is 9.60. The third-order valence-corrected chi connectivity index (χ3v) is 5.65. The van der Waals surface area contributed by atoms with E-state index in [0.717, 1.165) is 15.6 Å². The number of ether oxygens (including phenoxy) is 2. The molecule has 0 N–H and O–H groups in total. The zero-order valence-corrected chi connectivity index (χ0v) is 16.9. The van der Waals surface area contributed by atoms with Crippen LogP contribution in [0.15, 0.2) is 51.7 Å². The highest BCUT2D eigenvalue weighted by Gasteiger charge is 2.14. The van der Waals surface area contributed by atoms with Crippen molar-refractivity contribution in [3.8, 4) is 22.9 Å². The van der Waals surface area contributed by atoms with E-state index in [9.17, 15) is 4.79 Å². The SMILES string of the molecule is COc1ccc(C=c2sc3nc(-c4ccccc4Br)nn3c2=O)cc1OC. The van der Waals surface area contributed by atoms with E-state index in [0.29, 0.717) is 26.8 Å². The molecule has 0 bridgehead atoms. The second-order valence-electron chi connectivity index (χ2n) is 5.64. The van der Waals surface area contributed by atoms with Gasteiger partial charge in [0.05, 0.1) is 18.8 Å². The quantitative estimate of drug-likeness (QED) is 0.484. The molecule has 8 heteroatoms. The van der Waals surface area contributed by atoms with E-state index in [4.69, 9.17) is 9.47 Å². The molecule has 0 fully saturated rings. The molecule has 4 aromatic rings. The molecule has 0 aliphatic heterocycles. The number of nitrogens with zero attached hydrogens (tertiary/aromatic N) is 3. The van der Waals surface area contributed by atoms with Gasteiger partial charge in [0.2, 0.25) is 4.96 Å². The smallest absolute Gasteiger partial charge is 0.291 e. The molecular weight excluding hydrogens is 430 g/mol. The van der Waals surface area contributed by atoms with Crippen LogP contribution in [-0.2, 0) is 0 Å². The van der Waals surface area contributed by atoms with Crippen LogP contribution >= 0.6 is 27.3 Å². The van der Waals surface area contributed by atoms with Gasteiger partial charge < -0.3 is 9.47 Å². The fourth-order valence-electron chi connectivity index (χ4n) is 2.68. The predicted octanol–water partition coefficient (Wildman–Crippen LogP) is 3.15. The summed E-state index contributed by atoms with van der Waals surface area (Å²) < 4.78 is 13.3. The van der Waals surface area contributed by atoms with Crippen molar-refractivity contribution in [3.05, 3.63) is 67.4 Å². The van der Waals surface area contributed by atoms with Gasteiger partial charge in [-0.15, -0.1) is 5.10 Å². The summed E-state index contributed by atoms with van der Waals surface area (Å²) in [4.78, 5) is 17.8. The highest BCUT2D eigenvalue weighted by Crippen LogP contribution is 2.28. The fraction of sp³-hybridized carbons (Fsp3) is 0.105. The Labute approximate surface area is 166 Å². The van der Waals surface area contributed by atoms with Crippen LogP contribution < -0.4 is 19.6 Å². The number of rotatable bonds is 4. The molecule has 6 nitrogen and oxygen atoms in total. The van der Waals surface area contributed by atoms with Crippen molar-refractivity contribution in [2.24, 2.45) is 0 Å².